The van der Waals surface area contributed by atoms with Gasteiger partial charge < -0.3 is 25.8 Å². The van der Waals surface area contributed by atoms with E-state index in [0.717, 1.165) is 49.8 Å². The van der Waals surface area contributed by atoms with Crippen molar-refractivity contribution in [2.24, 2.45) is 5.73 Å². The van der Waals surface area contributed by atoms with Crippen LogP contribution in [0.15, 0.2) is 36.7 Å². The molecule has 0 bridgehead atoms. The van der Waals surface area contributed by atoms with Gasteiger partial charge in [-0.3, -0.25) is 14.3 Å². The van der Waals surface area contributed by atoms with Gasteiger partial charge in [-0.25, -0.2) is 4.39 Å². The van der Waals surface area contributed by atoms with Crippen LogP contribution in [0, 0.1) is 0 Å². The van der Waals surface area contributed by atoms with Gasteiger partial charge in [-0.2, -0.15) is 5.10 Å². The second kappa shape index (κ2) is 9.60. The number of amides is 2. The molecule has 0 unspecified atom stereocenters. The molecule has 1 spiro atoms. The van der Waals surface area contributed by atoms with Crippen molar-refractivity contribution in [2.75, 3.05) is 24.4 Å². The average molecular weight is 536 g/mol. The van der Waals surface area contributed by atoms with Crippen molar-refractivity contribution in [3.05, 3.63) is 42.4 Å². The lowest BCUT2D eigenvalue weighted by Gasteiger charge is -2.30. The smallest absolute Gasteiger partial charge is 0.271 e. The summed E-state index contributed by atoms with van der Waals surface area (Å²) in [7, 11) is 1.55. The Morgan fingerprint density at radius 1 is 1.18 bits per heavy atom. The van der Waals surface area contributed by atoms with Crippen molar-refractivity contribution in [2.45, 2.75) is 62.3 Å². The lowest BCUT2D eigenvalue weighted by atomic mass is 9.94. The number of benzene rings is 1. The minimum atomic E-state index is -1.89. The second-order valence-corrected chi connectivity index (χ2v) is 10.4. The molecular formula is C27H30FN7O4. The fourth-order valence-electron chi connectivity index (χ4n) is 5.75. The van der Waals surface area contributed by atoms with Gasteiger partial charge in [0.05, 0.1) is 36.3 Å². The molecule has 1 saturated heterocycles. The molecule has 2 amide bonds. The number of carbonyl (C=O) groups is 2. The van der Waals surface area contributed by atoms with Crippen LogP contribution >= 0.6 is 0 Å². The van der Waals surface area contributed by atoms with Crippen molar-refractivity contribution < 1.29 is 23.5 Å². The number of hydrogen-bond acceptors (Lipinski definition) is 8. The molecule has 11 nitrogen and oxygen atoms in total. The van der Waals surface area contributed by atoms with Gasteiger partial charge in [-0.15, -0.1) is 10.2 Å². The Kier molecular flexibility index (Phi) is 6.21. The summed E-state index contributed by atoms with van der Waals surface area (Å²) in [6.45, 7) is 0.795. The molecule has 1 aliphatic heterocycles. The largest absolute Gasteiger partial charge is 0.494 e. The van der Waals surface area contributed by atoms with Crippen LogP contribution in [0.4, 0.5) is 21.6 Å². The van der Waals surface area contributed by atoms with Crippen LogP contribution in [0.2, 0.25) is 0 Å². The van der Waals surface area contributed by atoms with Crippen molar-refractivity contribution in [1.29, 1.82) is 0 Å². The maximum atomic E-state index is 14.1. The fourth-order valence-corrected chi connectivity index (χ4v) is 5.75. The van der Waals surface area contributed by atoms with E-state index in [1.54, 1.807) is 13.2 Å². The van der Waals surface area contributed by atoms with E-state index in [1.807, 2.05) is 29.2 Å². The van der Waals surface area contributed by atoms with E-state index in [2.05, 4.69) is 20.8 Å². The van der Waals surface area contributed by atoms with Gasteiger partial charge in [-0.05, 0) is 51.0 Å². The van der Waals surface area contributed by atoms with Crippen LogP contribution in [0.1, 0.15) is 61.5 Å². The first-order chi connectivity index (χ1) is 18.8. The van der Waals surface area contributed by atoms with E-state index >= 15 is 0 Å². The number of aromatic nitrogens is 4. The zero-order valence-electron chi connectivity index (χ0n) is 21.6. The molecule has 3 heterocycles. The molecule has 2 aliphatic carbocycles. The third-order valence-electron chi connectivity index (χ3n) is 7.90. The summed E-state index contributed by atoms with van der Waals surface area (Å²) in [5, 5.41) is 17.9. The maximum Gasteiger partial charge on any atom is 0.271 e. The van der Waals surface area contributed by atoms with Crippen molar-refractivity contribution >= 4 is 29.0 Å². The molecule has 3 aromatic rings. The number of alkyl halides is 1. The monoisotopic (exact) mass is 535 g/mol. The van der Waals surface area contributed by atoms with E-state index in [1.165, 1.54) is 6.07 Å². The summed E-state index contributed by atoms with van der Waals surface area (Å²) < 4.78 is 28.1. The SMILES string of the molecule is COc1c(Nc2cc(NC(=O)C3(F)CC3)nnc2C(N)=O)cccc1-c1cnn([C@H]2CCC[C@]23CCCO3)c1. The summed E-state index contributed by atoms with van der Waals surface area (Å²) in [6.07, 6.45) is 9.44. The lowest BCUT2D eigenvalue weighted by molar-refractivity contribution is -0.122. The third-order valence-corrected chi connectivity index (χ3v) is 7.90. The van der Waals surface area contributed by atoms with Gasteiger partial charge in [0.25, 0.3) is 11.8 Å². The Morgan fingerprint density at radius 3 is 2.72 bits per heavy atom. The number of carbonyl (C=O) groups excluding carboxylic acids is 2. The van der Waals surface area contributed by atoms with Crippen molar-refractivity contribution in [1.82, 2.24) is 20.0 Å². The minimum Gasteiger partial charge on any atom is -0.494 e. The summed E-state index contributed by atoms with van der Waals surface area (Å²) in [5.41, 5.74) is 5.73. The van der Waals surface area contributed by atoms with Gasteiger partial charge in [0.2, 0.25) is 0 Å². The quantitative estimate of drug-likeness (QED) is 0.394. The van der Waals surface area contributed by atoms with Crippen LogP contribution in [0.5, 0.6) is 5.75 Å². The summed E-state index contributed by atoms with van der Waals surface area (Å²) >= 11 is 0. The average Bonchev–Trinajstić information content (AvgIpc) is 3.30. The minimum absolute atomic E-state index is 0.00699. The predicted octanol–water partition coefficient (Wildman–Crippen LogP) is 3.91. The Bertz CT molecular complexity index is 1430. The summed E-state index contributed by atoms with van der Waals surface area (Å²) in [5.74, 6) is -1.11. The van der Waals surface area contributed by atoms with Crippen LogP contribution < -0.4 is 21.1 Å². The first-order valence-electron chi connectivity index (χ1n) is 13.1. The number of rotatable bonds is 8. The fraction of sp³-hybridized carbons (Fsp3) is 0.444. The van der Waals surface area contributed by atoms with E-state index < -0.39 is 17.5 Å². The number of anilines is 3. The first kappa shape index (κ1) is 25.2. The standard InChI is InChI=1S/C27H30FN7O4/c1-38-23-17(16-14-30-35(15-16)20-7-3-8-27(20)9-4-12-39-27)5-2-6-18(23)31-19-13-21(33-34-22(19)24(29)36)32-25(37)26(28)10-11-26/h2,5-6,13-15,20H,3-4,7-12H2,1H3,(H2,29,36)(H2,31,32,33,37)/t20-,27-/m0/s1. The zero-order valence-corrected chi connectivity index (χ0v) is 21.6. The molecule has 204 valence electrons. The van der Waals surface area contributed by atoms with Gasteiger partial charge in [-0.1, -0.05) is 12.1 Å². The number of para-hydroxylation sites is 1. The number of halogens is 1. The Hall–Kier alpha value is -4.06. The number of primary amides is 1. The Labute approximate surface area is 224 Å². The number of ether oxygens (including phenoxy) is 2. The van der Waals surface area contributed by atoms with Gasteiger partial charge in [0.15, 0.2) is 17.2 Å². The van der Waals surface area contributed by atoms with Crippen LogP contribution in [0.25, 0.3) is 11.1 Å². The molecule has 3 aliphatic rings. The summed E-state index contributed by atoms with van der Waals surface area (Å²) in [6, 6.07) is 7.12. The predicted molar refractivity (Wildman–Crippen MR) is 141 cm³/mol. The van der Waals surface area contributed by atoms with Crippen LogP contribution in [0.3, 0.4) is 0 Å². The second-order valence-electron chi connectivity index (χ2n) is 10.4. The van der Waals surface area contributed by atoms with E-state index in [9.17, 15) is 14.0 Å². The lowest BCUT2D eigenvalue weighted by Crippen LogP contribution is -2.34. The molecule has 12 heteroatoms. The Morgan fingerprint density at radius 2 is 2.00 bits per heavy atom. The number of nitrogens with two attached hydrogens (primary N) is 1. The topological polar surface area (TPSA) is 146 Å². The molecule has 3 fully saturated rings. The number of methoxy groups -OCH3 is 1. The number of nitrogens with one attached hydrogen (secondary N) is 2. The molecule has 2 aromatic heterocycles. The van der Waals surface area contributed by atoms with Crippen molar-refractivity contribution in [3.8, 4) is 16.9 Å². The van der Waals surface area contributed by atoms with Gasteiger partial charge >= 0.3 is 0 Å². The molecule has 39 heavy (non-hydrogen) atoms. The highest BCUT2D eigenvalue weighted by atomic mass is 19.1. The highest BCUT2D eigenvalue weighted by molar-refractivity contribution is 6.01. The molecule has 2 atom stereocenters. The summed E-state index contributed by atoms with van der Waals surface area (Å²) in [4.78, 5) is 24.2. The highest BCUT2D eigenvalue weighted by Crippen LogP contribution is 2.48. The van der Waals surface area contributed by atoms with Crippen LogP contribution in [-0.4, -0.2) is 56.8 Å². The van der Waals surface area contributed by atoms with E-state index in [4.69, 9.17) is 20.3 Å². The molecule has 6 rings (SSSR count). The van der Waals surface area contributed by atoms with Gasteiger partial charge in [0.1, 0.15) is 5.75 Å². The maximum absolute atomic E-state index is 14.1. The van der Waals surface area contributed by atoms with E-state index in [0.29, 0.717) is 11.4 Å². The van der Waals surface area contributed by atoms with Crippen molar-refractivity contribution in [3.63, 3.8) is 0 Å². The van der Waals surface area contributed by atoms with E-state index in [-0.39, 0.29) is 41.7 Å². The molecule has 1 aromatic carbocycles. The molecule has 4 N–H and O–H groups in total. The normalized spacial score (nSPS) is 23.1. The first-order valence-corrected chi connectivity index (χ1v) is 13.1. The zero-order chi connectivity index (χ0) is 27.2. The molecule has 2 saturated carbocycles. The highest BCUT2D eigenvalue weighted by Gasteiger charge is 2.51. The molecule has 0 radical (unpaired) electrons. The third kappa shape index (κ3) is 4.58. The number of hydrogen-bond donors (Lipinski definition) is 3. The Balaban J connectivity index is 1.30. The van der Waals surface area contributed by atoms with Crippen LogP contribution in [-0.2, 0) is 9.53 Å². The molecular weight excluding hydrogens is 505 g/mol. The number of nitrogens with zero attached hydrogens (tertiary/aromatic N) is 4. The van der Waals surface area contributed by atoms with Gasteiger partial charge in [0, 0.05) is 30.0 Å².